The first kappa shape index (κ1) is 24.0. The number of amides is 1. The van der Waals surface area contributed by atoms with Crippen molar-refractivity contribution in [1.29, 1.82) is 0 Å². The molecule has 0 radical (unpaired) electrons. The van der Waals surface area contributed by atoms with Crippen LogP contribution in [0.15, 0.2) is 88.5 Å². The summed E-state index contributed by atoms with van der Waals surface area (Å²) in [5, 5.41) is 4.66. The molecule has 0 saturated carbocycles. The molecule has 0 atom stereocenters. The third kappa shape index (κ3) is 5.33. The van der Waals surface area contributed by atoms with Gasteiger partial charge in [-0.1, -0.05) is 54.1 Å². The van der Waals surface area contributed by atoms with E-state index in [9.17, 15) is 14.4 Å². The summed E-state index contributed by atoms with van der Waals surface area (Å²) in [7, 11) is 3.12. The Kier molecular flexibility index (Phi) is 7.12. The van der Waals surface area contributed by atoms with Crippen molar-refractivity contribution in [1.82, 2.24) is 19.2 Å². The van der Waals surface area contributed by atoms with Crippen LogP contribution in [0.5, 0.6) is 5.75 Å². The van der Waals surface area contributed by atoms with Gasteiger partial charge in [-0.2, -0.15) is 9.78 Å². The first-order valence-electron chi connectivity index (χ1n) is 10.8. The van der Waals surface area contributed by atoms with Gasteiger partial charge in [0.15, 0.2) is 0 Å². The summed E-state index contributed by atoms with van der Waals surface area (Å²) in [6.07, 6.45) is 0. The van der Waals surface area contributed by atoms with Crippen molar-refractivity contribution < 1.29 is 9.53 Å². The molecule has 0 saturated heterocycles. The lowest BCUT2D eigenvalue weighted by Gasteiger charge is -2.18. The van der Waals surface area contributed by atoms with E-state index in [1.165, 1.54) is 12.0 Å². The van der Waals surface area contributed by atoms with Crippen LogP contribution < -0.4 is 16.0 Å². The smallest absolute Gasteiger partial charge is 0.352 e. The number of aromatic nitrogens is 3. The Morgan fingerprint density at radius 3 is 2.34 bits per heavy atom. The van der Waals surface area contributed by atoms with Crippen LogP contribution in [0.2, 0.25) is 5.02 Å². The highest BCUT2D eigenvalue weighted by atomic mass is 35.5. The lowest BCUT2D eigenvalue weighted by molar-refractivity contribution is 0.0773. The van der Waals surface area contributed by atoms with E-state index < -0.39 is 17.2 Å². The van der Waals surface area contributed by atoms with Crippen LogP contribution in [-0.4, -0.2) is 39.3 Å². The van der Waals surface area contributed by atoms with E-state index in [0.29, 0.717) is 22.0 Å². The van der Waals surface area contributed by atoms with Crippen molar-refractivity contribution in [2.24, 2.45) is 0 Å². The summed E-state index contributed by atoms with van der Waals surface area (Å²) in [6, 6.07) is 22.8. The van der Waals surface area contributed by atoms with Crippen molar-refractivity contribution in [3.8, 4) is 11.4 Å². The molecule has 178 valence electrons. The van der Waals surface area contributed by atoms with Gasteiger partial charge in [-0.25, -0.2) is 4.79 Å². The topological polar surface area (TPSA) is 86.4 Å². The van der Waals surface area contributed by atoms with Gasteiger partial charge in [0, 0.05) is 18.6 Å². The molecule has 4 aromatic rings. The summed E-state index contributed by atoms with van der Waals surface area (Å²) < 4.78 is 7.29. The summed E-state index contributed by atoms with van der Waals surface area (Å²) in [5.74, 6) is -0.0116. The molecule has 8 nitrogen and oxygen atoms in total. The molecule has 0 bridgehead atoms. The number of ether oxygens (including phenoxy) is 1. The van der Waals surface area contributed by atoms with Gasteiger partial charge in [0.25, 0.3) is 11.5 Å². The third-order valence-electron chi connectivity index (χ3n) is 5.42. The molecule has 1 heterocycles. The third-order valence-corrected chi connectivity index (χ3v) is 5.67. The maximum Gasteiger partial charge on any atom is 0.352 e. The second kappa shape index (κ2) is 10.4. The summed E-state index contributed by atoms with van der Waals surface area (Å²) in [4.78, 5) is 41.4. The Labute approximate surface area is 206 Å². The molecule has 0 fully saturated rings. The van der Waals surface area contributed by atoms with Crippen LogP contribution in [0, 0.1) is 0 Å². The van der Waals surface area contributed by atoms with Crippen molar-refractivity contribution in [3.63, 3.8) is 0 Å². The van der Waals surface area contributed by atoms with Crippen LogP contribution >= 0.6 is 11.6 Å². The maximum atomic E-state index is 13.4. The van der Waals surface area contributed by atoms with Crippen LogP contribution in [0.4, 0.5) is 0 Å². The van der Waals surface area contributed by atoms with E-state index in [1.54, 1.807) is 55.6 Å². The molecule has 35 heavy (non-hydrogen) atoms. The molecule has 1 aromatic heterocycles. The second-order valence-electron chi connectivity index (χ2n) is 7.91. The number of carbonyl (C=O) groups excluding carboxylic acids is 1. The van der Waals surface area contributed by atoms with E-state index in [2.05, 4.69) is 5.10 Å². The number of carbonyl (C=O) groups is 1. The van der Waals surface area contributed by atoms with Crippen molar-refractivity contribution in [2.75, 3.05) is 14.2 Å². The van der Waals surface area contributed by atoms with E-state index in [1.807, 2.05) is 30.3 Å². The zero-order valence-corrected chi connectivity index (χ0v) is 20.0. The number of hydrogen-bond donors (Lipinski definition) is 0. The van der Waals surface area contributed by atoms with Gasteiger partial charge in [-0.3, -0.25) is 14.2 Å². The van der Waals surface area contributed by atoms with Crippen molar-refractivity contribution >= 4 is 17.5 Å². The summed E-state index contributed by atoms with van der Waals surface area (Å²) in [6.45, 7) is 0.213. The zero-order valence-electron chi connectivity index (χ0n) is 19.2. The molecule has 0 N–H and O–H groups in total. The average molecular weight is 491 g/mol. The van der Waals surface area contributed by atoms with Crippen LogP contribution in [-0.2, 0) is 13.1 Å². The van der Waals surface area contributed by atoms with E-state index in [0.717, 1.165) is 14.8 Å². The minimum atomic E-state index is -0.770. The number of rotatable bonds is 7. The normalized spacial score (nSPS) is 10.7. The predicted octanol–water partition coefficient (Wildman–Crippen LogP) is 3.38. The monoisotopic (exact) mass is 490 g/mol. The molecule has 4 rings (SSSR count). The number of hydrogen-bond acceptors (Lipinski definition) is 5. The van der Waals surface area contributed by atoms with Crippen molar-refractivity contribution in [3.05, 3.63) is 122 Å². The highest BCUT2D eigenvalue weighted by molar-refractivity contribution is 6.30. The standard InChI is InChI=1S/C26H23ClN4O4/c1-29(16-18-7-4-3-5-8-18)24(32)23-25(33)30(17-19-9-6-10-22(15-19)35-2)26(34)31(28-23)21-13-11-20(27)12-14-21/h3-15H,16-17H2,1-2H3. The summed E-state index contributed by atoms with van der Waals surface area (Å²) >= 11 is 6.00. The fraction of sp³-hybridized carbons (Fsp3) is 0.154. The molecule has 0 aliphatic carbocycles. The maximum absolute atomic E-state index is 13.4. The van der Waals surface area contributed by atoms with E-state index in [4.69, 9.17) is 16.3 Å². The minimum Gasteiger partial charge on any atom is -0.497 e. The van der Waals surface area contributed by atoms with Crippen LogP contribution in [0.1, 0.15) is 21.6 Å². The molecule has 0 aliphatic heterocycles. The zero-order chi connectivity index (χ0) is 24.9. The fourth-order valence-corrected chi connectivity index (χ4v) is 3.73. The quantitative estimate of drug-likeness (QED) is 0.396. The van der Waals surface area contributed by atoms with E-state index >= 15 is 0 Å². The molecule has 9 heteroatoms. The molecule has 3 aromatic carbocycles. The Balaban J connectivity index is 1.82. The Morgan fingerprint density at radius 2 is 1.66 bits per heavy atom. The van der Waals surface area contributed by atoms with Gasteiger partial charge >= 0.3 is 5.69 Å². The first-order valence-corrected chi connectivity index (χ1v) is 11.2. The lowest BCUT2D eigenvalue weighted by Crippen LogP contribution is -2.46. The number of methoxy groups -OCH3 is 1. The number of nitrogens with zero attached hydrogens (tertiary/aromatic N) is 4. The Hall–Kier alpha value is -4.17. The van der Waals surface area contributed by atoms with Crippen molar-refractivity contribution in [2.45, 2.75) is 13.1 Å². The predicted molar refractivity (Wildman–Crippen MR) is 133 cm³/mol. The van der Waals surface area contributed by atoms with Gasteiger partial charge in [-0.15, -0.1) is 0 Å². The fourth-order valence-electron chi connectivity index (χ4n) is 3.60. The van der Waals surface area contributed by atoms with Gasteiger partial charge < -0.3 is 9.64 Å². The highest BCUT2D eigenvalue weighted by Gasteiger charge is 2.23. The lowest BCUT2D eigenvalue weighted by atomic mass is 10.2. The Morgan fingerprint density at radius 1 is 0.971 bits per heavy atom. The highest BCUT2D eigenvalue weighted by Crippen LogP contribution is 2.14. The largest absolute Gasteiger partial charge is 0.497 e. The van der Waals surface area contributed by atoms with Gasteiger partial charge in [-0.05, 0) is 47.5 Å². The first-order chi connectivity index (χ1) is 16.9. The van der Waals surface area contributed by atoms with E-state index in [-0.39, 0.29) is 18.8 Å². The second-order valence-corrected chi connectivity index (χ2v) is 8.35. The molecule has 0 spiro atoms. The molecule has 1 amide bonds. The molecular weight excluding hydrogens is 468 g/mol. The minimum absolute atomic E-state index is 0.0618. The number of benzene rings is 3. The molecular formula is C26H23ClN4O4. The average Bonchev–Trinajstić information content (AvgIpc) is 2.87. The Bertz CT molecular complexity index is 1460. The van der Waals surface area contributed by atoms with Crippen LogP contribution in [0.3, 0.4) is 0 Å². The molecule has 0 unspecified atom stereocenters. The van der Waals surface area contributed by atoms with Gasteiger partial charge in [0.05, 0.1) is 19.3 Å². The van der Waals surface area contributed by atoms with Gasteiger partial charge in [0.2, 0.25) is 5.69 Å². The number of halogens is 1. The molecule has 0 aliphatic rings. The van der Waals surface area contributed by atoms with Gasteiger partial charge in [0.1, 0.15) is 5.75 Å². The summed E-state index contributed by atoms with van der Waals surface area (Å²) in [5.41, 5.74) is 0.120. The SMILES string of the molecule is COc1cccc(Cn2c(=O)c(C(=O)N(C)Cc3ccccc3)nn(-c3ccc(Cl)cc3)c2=O)c1. The van der Waals surface area contributed by atoms with Crippen LogP contribution in [0.25, 0.3) is 5.69 Å².